The average molecular weight is 560 g/mol. The van der Waals surface area contributed by atoms with Crippen molar-refractivity contribution in [3.05, 3.63) is 69.3 Å². The van der Waals surface area contributed by atoms with E-state index in [0.717, 1.165) is 26.3 Å². The number of fused-ring (bicyclic) bond motifs is 1. The molecule has 4 rings (SSSR count). The standard InChI is InChI=1S/C25H25IN2O5/c1-5-33-17-9-7-16(8-10-17)28-24(27-20-12-6-15(26)14-19(20)25(28)29)18-11-13-21(30-2)23(32-4)22(18)31-3/h6-14,24,27H,5H2,1-4H3. The van der Waals surface area contributed by atoms with Crippen molar-refractivity contribution >= 4 is 39.9 Å². The number of nitrogens with zero attached hydrogens (tertiary/aromatic N) is 1. The third-order valence-corrected chi connectivity index (χ3v) is 6.11. The van der Waals surface area contributed by atoms with Gasteiger partial charge in [0.15, 0.2) is 11.5 Å². The van der Waals surface area contributed by atoms with Crippen molar-refractivity contribution in [3.8, 4) is 23.0 Å². The number of anilines is 2. The van der Waals surface area contributed by atoms with E-state index >= 15 is 0 Å². The Balaban J connectivity index is 1.89. The lowest BCUT2D eigenvalue weighted by molar-refractivity contribution is 0.0974. The number of methoxy groups -OCH3 is 3. The molecule has 1 N–H and O–H groups in total. The molecular formula is C25H25IN2O5. The Bertz CT molecular complexity index is 1170. The first kappa shape index (κ1) is 23.0. The number of benzene rings is 3. The molecule has 0 saturated carbocycles. The van der Waals surface area contributed by atoms with Gasteiger partial charge >= 0.3 is 0 Å². The van der Waals surface area contributed by atoms with Crippen LogP contribution >= 0.6 is 22.6 Å². The predicted molar refractivity (Wildman–Crippen MR) is 136 cm³/mol. The number of rotatable bonds is 7. The van der Waals surface area contributed by atoms with Gasteiger partial charge in [-0.15, -0.1) is 0 Å². The number of nitrogens with one attached hydrogen (secondary N) is 1. The second-order valence-corrected chi connectivity index (χ2v) is 8.51. The fourth-order valence-electron chi connectivity index (χ4n) is 3.97. The Morgan fingerprint density at radius 2 is 1.67 bits per heavy atom. The number of hydrogen-bond acceptors (Lipinski definition) is 6. The van der Waals surface area contributed by atoms with E-state index in [1.54, 1.807) is 26.2 Å². The number of carbonyl (C=O) groups is 1. The SMILES string of the molecule is CCOc1ccc(N2C(=O)c3cc(I)ccc3NC2c2ccc(OC)c(OC)c2OC)cc1. The summed E-state index contributed by atoms with van der Waals surface area (Å²) in [5, 5.41) is 3.52. The van der Waals surface area contributed by atoms with Crippen molar-refractivity contribution in [2.75, 3.05) is 38.2 Å². The predicted octanol–water partition coefficient (Wildman–Crippen LogP) is 5.49. The Morgan fingerprint density at radius 3 is 2.30 bits per heavy atom. The second kappa shape index (κ2) is 9.78. The van der Waals surface area contributed by atoms with E-state index in [0.29, 0.717) is 29.4 Å². The van der Waals surface area contributed by atoms with Crippen LogP contribution in [0.15, 0.2) is 54.6 Å². The summed E-state index contributed by atoms with van der Waals surface area (Å²) in [6, 6.07) is 16.9. The lowest BCUT2D eigenvalue weighted by Crippen LogP contribution is -2.43. The second-order valence-electron chi connectivity index (χ2n) is 7.26. The molecule has 0 radical (unpaired) electrons. The van der Waals surface area contributed by atoms with Crippen LogP contribution in [0.1, 0.15) is 29.0 Å². The molecule has 7 nitrogen and oxygen atoms in total. The van der Waals surface area contributed by atoms with E-state index in [-0.39, 0.29) is 5.91 Å². The molecule has 0 bridgehead atoms. The summed E-state index contributed by atoms with van der Waals surface area (Å²) in [6.45, 7) is 2.50. The van der Waals surface area contributed by atoms with Crippen molar-refractivity contribution in [2.45, 2.75) is 13.1 Å². The first-order chi connectivity index (χ1) is 16.0. The van der Waals surface area contributed by atoms with Gasteiger partial charge in [0.05, 0.1) is 33.5 Å². The molecule has 1 unspecified atom stereocenters. The normalized spacial score (nSPS) is 14.9. The fraction of sp³-hybridized carbons (Fsp3) is 0.240. The van der Waals surface area contributed by atoms with Gasteiger partial charge < -0.3 is 24.3 Å². The summed E-state index contributed by atoms with van der Waals surface area (Å²) in [6.07, 6.45) is -0.544. The molecule has 0 aliphatic carbocycles. The molecule has 1 atom stereocenters. The van der Waals surface area contributed by atoms with Gasteiger partial charge in [0.1, 0.15) is 11.9 Å². The Kier molecular flexibility index (Phi) is 6.83. The van der Waals surface area contributed by atoms with Gasteiger partial charge in [0.25, 0.3) is 5.91 Å². The quantitative estimate of drug-likeness (QED) is 0.386. The fourth-order valence-corrected chi connectivity index (χ4v) is 4.46. The number of ether oxygens (including phenoxy) is 4. The topological polar surface area (TPSA) is 69.3 Å². The van der Waals surface area contributed by atoms with Crippen LogP contribution in [-0.2, 0) is 0 Å². The van der Waals surface area contributed by atoms with Crippen molar-refractivity contribution in [3.63, 3.8) is 0 Å². The summed E-state index contributed by atoms with van der Waals surface area (Å²) < 4.78 is 23.3. The van der Waals surface area contributed by atoms with Crippen LogP contribution in [-0.4, -0.2) is 33.8 Å². The summed E-state index contributed by atoms with van der Waals surface area (Å²) in [5.41, 5.74) is 2.82. The van der Waals surface area contributed by atoms with Gasteiger partial charge in [-0.05, 0) is 84.1 Å². The molecule has 1 aliphatic heterocycles. The molecule has 0 fully saturated rings. The molecule has 3 aromatic rings. The lowest BCUT2D eigenvalue weighted by Gasteiger charge is -2.39. The van der Waals surface area contributed by atoms with E-state index < -0.39 is 6.17 Å². The van der Waals surface area contributed by atoms with E-state index in [1.165, 1.54) is 0 Å². The molecule has 8 heteroatoms. The number of amides is 1. The van der Waals surface area contributed by atoms with Crippen LogP contribution in [0.3, 0.4) is 0 Å². The number of carbonyl (C=O) groups excluding carboxylic acids is 1. The molecule has 0 aromatic heterocycles. The van der Waals surface area contributed by atoms with Crippen molar-refractivity contribution in [1.29, 1.82) is 0 Å². The van der Waals surface area contributed by atoms with Gasteiger partial charge in [-0.25, -0.2) is 0 Å². The molecule has 172 valence electrons. The first-order valence-corrected chi connectivity index (χ1v) is 11.5. The monoisotopic (exact) mass is 560 g/mol. The van der Waals surface area contributed by atoms with Gasteiger partial charge in [0.2, 0.25) is 5.75 Å². The molecule has 0 saturated heterocycles. The van der Waals surface area contributed by atoms with Crippen molar-refractivity contribution in [1.82, 2.24) is 0 Å². The zero-order valence-corrected chi connectivity index (χ0v) is 21.0. The summed E-state index contributed by atoms with van der Waals surface area (Å²) in [5.74, 6) is 2.13. The Hall–Kier alpha value is -3.14. The molecule has 1 aliphatic rings. The first-order valence-electron chi connectivity index (χ1n) is 10.4. The van der Waals surface area contributed by atoms with Crippen LogP contribution in [0.25, 0.3) is 0 Å². The largest absolute Gasteiger partial charge is 0.494 e. The lowest BCUT2D eigenvalue weighted by atomic mass is 10.0. The van der Waals surface area contributed by atoms with E-state index in [9.17, 15) is 4.79 Å². The maximum atomic E-state index is 13.8. The van der Waals surface area contributed by atoms with Crippen LogP contribution in [0.5, 0.6) is 23.0 Å². The minimum atomic E-state index is -0.544. The van der Waals surface area contributed by atoms with Crippen LogP contribution < -0.4 is 29.2 Å². The molecule has 3 aromatic carbocycles. The number of halogens is 1. The minimum Gasteiger partial charge on any atom is -0.494 e. The van der Waals surface area contributed by atoms with Gasteiger partial charge in [-0.3, -0.25) is 9.69 Å². The zero-order chi connectivity index (χ0) is 23.5. The van der Waals surface area contributed by atoms with Crippen LogP contribution in [0.4, 0.5) is 11.4 Å². The highest BCUT2D eigenvalue weighted by Crippen LogP contribution is 2.46. The zero-order valence-electron chi connectivity index (χ0n) is 18.8. The average Bonchev–Trinajstić information content (AvgIpc) is 2.84. The third kappa shape index (κ3) is 4.27. The summed E-state index contributed by atoms with van der Waals surface area (Å²) in [7, 11) is 4.71. The highest BCUT2D eigenvalue weighted by Gasteiger charge is 2.37. The van der Waals surface area contributed by atoms with Crippen molar-refractivity contribution < 1.29 is 23.7 Å². The summed E-state index contributed by atoms with van der Waals surface area (Å²) in [4.78, 5) is 15.5. The summed E-state index contributed by atoms with van der Waals surface area (Å²) >= 11 is 2.21. The molecule has 33 heavy (non-hydrogen) atoms. The highest BCUT2D eigenvalue weighted by molar-refractivity contribution is 14.1. The third-order valence-electron chi connectivity index (χ3n) is 5.44. The Labute approximate surface area is 206 Å². The maximum Gasteiger partial charge on any atom is 0.262 e. The minimum absolute atomic E-state index is 0.117. The number of hydrogen-bond donors (Lipinski definition) is 1. The highest BCUT2D eigenvalue weighted by atomic mass is 127. The van der Waals surface area contributed by atoms with E-state index in [1.807, 2.05) is 61.5 Å². The van der Waals surface area contributed by atoms with Gasteiger partial charge in [-0.1, -0.05) is 0 Å². The molecular weight excluding hydrogens is 535 g/mol. The Morgan fingerprint density at radius 1 is 0.939 bits per heavy atom. The van der Waals surface area contributed by atoms with Crippen LogP contribution in [0.2, 0.25) is 0 Å². The molecule has 1 heterocycles. The van der Waals surface area contributed by atoms with E-state index in [4.69, 9.17) is 18.9 Å². The molecule has 1 amide bonds. The van der Waals surface area contributed by atoms with Crippen molar-refractivity contribution in [2.24, 2.45) is 0 Å². The van der Waals surface area contributed by atoms with E-state index in [2.05, 4.69) is 27.9 Å². The van der Waals surface area contributed by atoms with Gasteiger partial charge in [-0.2, -0.15) is 0 Å². The maximum absolute atomic E-state index is 13.8. The molecule has 0 spiro atoms. The smallest absolute Gasteiger partial charge is 0.262 e. The van der Waals surface area contributed by atoms with Gasteiger partial charge in [0, 0.05) is 20.5 Å². The van der Waals surface area contributed by atoms with Crippen LogP contribution in [0, 0.1) is 3.57 Å².